The number of fused-ring (bicyclic) bond motifs is 6. The molecular weight excluding hydrogens is 434 g/mol. The van der Waals surface area contributed by atoms with Gasteiger partial charge in [0.1, 0.15) is 6.10 Å². The van der Waals surface area contributed by atoms with Crippen molar-refractivity contribution < 1.29 is 28.6 Å². The summed E-state index contributed by atoms with van der Waals surface area (Å²) in [7, 11) is 1.40. The summed E-state index contributed by atoms with van der Waals surface area (Å²) in [6.07, 6.45) is 6.72. The lowest BCUT2D eigenvalue weighted by atomic mass is 9.62. The van der Waals surface area contributed by atoms with Gasteiger partial charge in [0.2, 0.25) is 0 Å². The van der Waals surface area contributed by atoms with Gasteiger partial charge in [-0.1, -0.05) is 20.8 Å². The minimum atomic E-state index is -1.00. The van der Waals surface area contributed by atoms with E-state index in [2.05, 4.69) is 26.8 Å². The Balaban J connectivity index is 1.48. The van der Waals surface area contributed by atoms with Crippen molar-refractivity contribution in [2.24, 2.45) is 17.3 Å². The molecule has 2 aromatic heterocycles. The van der Waals surface area contributed by atoms with Crippen molar-refractivity contribution in [1.29, 1.82) is 0 Å². The average Bonchev–Trinajstić information content (AvgIpc) is 3.22. The molecule has 0 unspecified atom stereocenters. The molecule has 5 atom stereocenters. The minimum Gasteiger partial charge on any atom is -0.472 e. The summed E-state index contributed by atoms with van der Waals surface area (Å²) in [5.74, 6) is -0.717. The van der Waals surface area contributed by atoms with Crippen molar-refractivity contribution in [1.82, 2.24) is 4.98 Å². The van der Waals surface area contributed by atoms with Crippen LogP contribution in [0.2, 0.25) is 0 Å². The second-order valence-electron chi connectivity index (χ2n) is 11.1. The largest absolute Gasteiger partial charge is 0.472 e. The molecule has 0 amide bonds. The Morgan fingerprint density at radius 1 is 1.32 bits per heavy atom. The van der Waals surface area contributed by atoms with E-state index in [-0.39, 0.29) is 30.2 Å². The van der Waals surface area contributed by atoms with Gasteiger partial charge in [-0.2, -0.15) is 0 Å². The first-order valence-corrected chi connectivity index (χ1v) is 11.9. The van der Waals surface area contributed by atoms with Gasteiger partial charge in [-0.15, -0.1) is 0 Å². The van der Waals surface area contributed by atoms with Crippen molar-refractivity contribution in [3.8, 4) is 0 Å². The first-order valence-electron chi connectivity index (χ1n) is 11.9. The Morgan fingerprint density at radius 3 is 2.82 bits per heavy atom. The van der Waals surface area contributed by atoms with E-state index in [0.717, 1.165) is 46.5 Å². The predicted octanol–water partition coefficient (Wildman–Crippen LogP) is 3.99. The second kappa shape index (κ2) is 6.81. The first-order chi connectivity index (χ1) is 16.1. The van der Waals surface area contributed by atoms with Gasteiger partial charge in [-0.25, -0.2) is 4.79 Å². The van der Waals surface area contributed by atoms with Crippen molar-refractivity contribution >= 4 is 17.5 Å². The maximum absolute atomic E-state index is 12.6. The highest BCUT2D eigenvalue weighted by Gasteiger charge is 2.66. The molecule has 7 nitrogen and oxygen atoms in total. The normalized spacial score (nSPS) is 34.6. The van der Waals surface area contributed by atoms with E-state index in [4.69, 9.17) is 18.9 Å². The number of methoxy groups -OCH3 is 1. The van der Waals surface area contributed by atoms with Crippen LogP contribution in [0.3, 0.4) is 0 Å². The molecule has 3 heterocycles. The van der Waals surface area contributed by atoms with Crippen LogP contribution in [0.4, 0.5) is 0 Å². The third-order valence-electron chi connectivity index (χ3n) is 8.90. The fourth-order valence-electron chi connectivity index (χ4n) is 6.79. The summed E-state index contributed by atoms with van der Waals surface area (Å²) in [6, 6.07) is 3.90. The lowest BCUT2D eigenvalue weighted by Crippen LogP contribution is -2.43. The highest BCUT2D eigenvalue weighted by atomic mass is 16.5. The zero-order valence-electron chi connectivity index (χ0n) is 19.9. The number of hydrogen-bond donors (Lipinski definition) is 1. The van der Waals surface area contributed by atoms with Crippen molar-refractivity contribution in [2.45, 2.75) is 63.6 Å². The van der Waals surface area contributed by atoms with Gasteiger partial charge in [0.15, 0.2) is 0 Å². The Morgan fingerprint density at radius 2 is 2.12 bits per heavy atom. The van der Waals surface area contributed by atoms with Crippen molar-refractivity contribution in [2.75, 3.05) is 7.11 Å². The SMILES string of the molecule is COC(=O)C[C@H]1[C@@H]2C[C@]2(O)c2cc3c(nc2C1(C)C)CC[C@@]1(C)C3=CC(=O)O[C@@H]1c1ccoc1. The van der Waals surface area contributed by atoms with Gasteiger partial charge in [0.05, 0.1) is 30.9 Å². The van der Waals surface area contributed by atoms with Crippen LogP contribution in [0.1, 0.15) is 74.2 Å². The van der Waals surface area contributed by atoms with Crippen LogP contribution < -0.4 is 0 Å². The third kappa shape index (κ3) is 2.76. The van der Waals surface area contributed by atoms with E-state index in [1.165, 1.54) is 7.11 Å². The summed E-state index contributed by atoms with van der Waals surface area (Å²) in [6.45, 7) is 6.34. The number of aryl methyl sites for hydroxylation is 1. The van der Waals surface area contributed by atoms with E-state index in [9.17, 15) is 14.7 Å². The molecule has 3 aliphatic carbocycles. The fourth-order valence-corrected chi connectivity index (χ4v) is 6.79. The third-order valence-corrected chi connectivity index (χ3v) is 8.90. The van der Waals surface area contributed by atoms with Crippen LogP contribution in [-0.2, 0) is 36.5 Å². The molecule has 34 heavy (non-hydrogen) atoms. The highest BCUT2D eigenvalue weighted by molar-refractivity contribution is 5.96. The summed E-state index contributed by atoms with van der Waals surface area (Å²) >= 11 is 0. The maximum Gasteiger partial charge on any atom is 0.331 e. The van der Waals surface area contributed by atoms with Gasteiger partial charge < -0.3 is 19.0 Å². The number of aromatic nitrogens is 1. The molecule has 7 heteroatoms. The van der Waals surface area contributed by atoms with Crippen LogP contribution in [0.25, 0.3) is 5.57 Å². The lowest BCUT2D eigenvalue weighted by Gasteiger charge is -2.46. The van der Waals surface area contributed by atoms with Crippen LogP contribution in [0, 0.1) is 17.3 Å². The minimum absolute atomic E-state index is 0.0205. The summed E-state index contributed by atoms with van der Waals surface area (Å²) in [5.41, 5.74) is 3.44. The number of rotatable bonds is 3. The molecule has 0 saturated heterocycles. The summed E-state index contributed by atoms with van der Waals surface area (Å²) in [4.78, 5) is 29.9. The quantitative estimate of drug-likeness (QED) is 0.687. The molecule has 0 aromatic carbocycles. The topological polar surface area (TPSA) is 98.9 Å². The zero-order chi connectivity index (χ0) is 24.0. The van der Waals surface area contributed by atoms with Crippen LogP contribution in [-0.4, -0.2) is 29.1 Å². The Bertz CT molecular complexity index is 1240. The molecule has 1 fully saturated rings. The molecule has 1 aliphatic heterocycles. The molecule has 4 aliphatic rings. The van der Waals surface area contributed by atoms with E-state index in [1.54, 1.807) is 18.6 Å². The number of aliphatic hydroxyl groups is 1. The second-order valence-corrected chi connectivity index (χ2v) is 11.1. The molecular formula is C27H29NO6. The van der Waals surface area contributed by atoms with Gasteiger partial charge in [0.25, 0.3) is 0 Å². The Kier molecular flexibility index (Phi) is 4.33. The van der Waals surface area contributed by atoms with Crippen molar-refractivity contribution in [3.05, 3.63) is 58.8 Å². The number of nitrogens with zero attached hydrogens (tertiary/aromatic N) is 1. The molecule has 0 radical (unpaired) electrons. The monoisotopic (exact) mass is 463 g/mol. The Labute approximate surface area is 198 Å². The molecule has 0 bridgehead atoms. The van der Waals surface area contributed by atoms with E-state index in [0.29, 0.717) is 6.42 Å². The van der Waals surface area contributed by atoms with E-state index in [1.807, 2.05) is 6.07 Å². The number of hydrogen-bond acceptors (Lipinski definition) is 7. The number of ether oxygens (including phenoxy) is 2. The maximum atomic E-state index is 12.6. The number of pyridine rings is 1. The van der Waals surface area contributed by atoms with Crippen molar-refractivity contribution in [3.63, 3.8) is 0 Å². The van der Waals surface area contributed by atoms with Crippen LogP contribution >= 0.6 is 0 Å². The molecule has 2 aromatic rings. The van der Waals surface area contributed by atoms with E-state index < -0.39 is 22.5 Å². The van der Waals surface area contributed by atoms with Gasteiger partial charge in [-0.05, 0) is 48.8 Å². The first kappa shape index (κ1) is 21.6. The van der Waals surface area contributed by atoms with Gasteiger partial charge in [0, 0.05) is 45.7 Å². The van der Waals surface area contributed by atoms with Crippen LogP contribution in [0.5, 0.6) is 0 Å². The van der Waals surface area contributed by atoms with Gasteiger partial charge in [-0.3, -0.25) is 9.78 Å². The fraction of sp³-hybridized carbons (Fsp3) is 0.519. The van der Waals surface area contributed by atoms with E-state index >= 15 is 0 Å². The smallest absolute Gasteiger partial charge is 0.331 e. The number of esters is 2. The van der Waals surface area contributed by atoms with Crippen LogP contribution in [0.15, 0.2) is 35.2 Å². The summed E-state index contributed by atoms with van der Waals surface area (Å²) < 4.78 is 16.0. The molecule has 1 N–H and O–H groups in total. The molecule has 1 saturated carbocycles. The Hall–Kier alpha value is -2.93. The average molecular weight is 464 g/mol. The summed E-state index contributed by atoms with van der Waals surface area (Å²) in [5, 5.41) is 11.6. The lowest BCUT2D eigenvalue weighted by molar-refractivity contribution is -0.150. The number of cyclic esters (lactones) is 1. The molecule has 178 valence electrons. The van der Waals surface area contributed by atoms with Gasteiger partial charge >= 0.3 is 11.9 Å². The number of carbonyl (C=O) groups excluding carboxylic acids is 2. The number of furan rings is 1. The standard InChI is InChI=1S/C27H29NO6/c1-25(2)17(11-21(29)32-4)19-12-27(19,31)18-9-15-16-10-22(30)34-24(14-6-8-33-13-14)26(16,3)7-5-20(15)28-23(18)25/h6,8-10,13,17,19,24,31H,5,7,11-12H2,1-4H3/t17-,19-,24+,26-,27-/m0/s1. The molecule has 6 rings (SSSR count). The predicted molar refractivity (Wildman–Crippen MR) is 121 cm³/mol. The highest BCUT2D eigenvalue weighted by Crippen LogP contribution is 2.67. The zero-order valence-corrected chi connectivity index (χ0v) is 19.9. The molecule has 0 spiro atoms. The number of carbonyl (C=O) groups is 2.